The highest BCUT2D eigenvalue weighted by Crippen LogP contribution is 2.26. The normalized spacial score (nSPS) is 11.2. The van der Waals surface area contributed by atoms with Crippen molar-refractivity contribution >= 4 is 34.0 Å². The maximum Gasteiger partial charge on any atom is 0.258 e. The van der Waals surface area contributed by atoms with Gasteiger partial charge in [-0.2, -0.15) is 0 Å². The van der Waals surface area contributed by atoms with E-state index >= 15 is 0 Å². The fourth-order valence-electron chi connectivity index (χ4n) is 3.25. The number of aromatic amines is 1. The maximum absolute atomic E-state index is 12.3. The van der Waals surface area contributed by atoms with E-state index in [0.717, 1.165) is 16.7 Å². The summed E-state index contributed by atoms with van der Waals surface area (Å²) >= 11 is 3.21. The average molecular weight is 432 g/mol. The van der Waals surface area contributed by atoms with Crippen molar-refractivity contribution in [3.63, 3.8) is 0 Å². The van der Waals surface area contributed by atoms with Gasteiger partial charge < -0.3 is 4.98 Å². The number of benzene rings is 2. The molecule has 5 aromatic rings. The van der Waals surface area contributed by atoms with Gasteiger partial charge in [0, 0.05) is 17.0 Å². The van der Waals surface area contributed by atoms with Crippen LogP contribution in [0, 0.1) is 0 Å². The molecule has 3 aromatic heterocycles. The summed E-state index contributed by atoms with van der Waals surface area (Å²) in [5.74, 6) is 1.99. The van der Waals surface area contributed by atoms with E-state index in [4.69, 9.17) is 0 Å². The lowest BCUT2D eigenvalue weighted by molar-refractivity contribution is 0.849. The maximum atomic E-state index is 12.3. The zero-order valence-corrected chi connectivity index (χ0v) is 17.5. The molecule has 0 saturated carbocycles. The zero-order chi connectivity index (χ0) is 20.3. The molecule has 2 aromatic carbocycles. The fourth-order valence-corrected chi connectivity index (χ4v) is 4.79. The highest BCUT2D eigenvalue weighted by atomic mass is 32.2. The summed E-state index contributed by atoms with van der Waals surface area (Å²) in [6, 6.07) is 21.6. The van der Waals surface area contributed by atoms with Crippen molar-refractivity contribution in [1.29, 1.82) is 0 Å². The van der Waals surface area contributed by atoms with Crippen LogP contribution in [-0.4, -0.2) is 24.7 Å². The second kappa shape index (κ2) is 8.25. The molecule has 0 spiro atoms. The quantitative estimate of drug-likeness (QED) is 0.402. The standard InChI is InChI=1S/C22H17N5OS2/c28-21-17-10-4-5-11-18(17)23-19(24-21)14-30-22-26-25-20(13-16-9-6-12-29-16)27(22)15-7-2-1-3-8-15/h1-12H,13-14H2,(H,23,24,28). The summed E-state index contributed by atoms with van der Waals surface area (Å²) in [6.07, 6.45) is 0.713. The van der Waals surface area contributed by atoms with E-state index in [2.05, 4.69) is 36.2 Å². The minimum absolute atomic E-state index is 0.126. The van der Waals surface area contributed by atoms with Gasteiger partial charge in [0.15, 0.2) is 5.16 Å². The minimum Gasteiger partial charge on any atom is -0.309 e. The van der Waals surface area contributed by atoms with E-state index in [1.807, 2.05) is 54.6 Å². The van der Waals surface area contributed by atoms with E-state index in [0.29, 0.717) is 28.9 Å². The molecule has 6 nitrogen and oxygen atoms in total. The number of hydrogen-bond donors (Lipinski definition) is 1. The van der Waals surface area contributed by atoms with Gasteiger partial charge in [0.2, 0.25) is 0 Å². The molecule has 0 saturated heterocycles. The average Bonchev–Trinajstić information content (AvgIpc) is 3.43. The molecular weight excluding hydrogens is 414 g/mol. The van der Waals surface area contributed by atoms with Crippen molar-refractivity contribution in [3.8, 4) is 5.69 Å². The molecule has 5 rings (SSSR count). The molecule has 1 N–H and O–H groups in total. The van der Waals surface area contributed by atoms with Crippen LogP contribution in [0.5, 0.6) is 0 Å². The zero-order valence-electron chi connectivity index (χ0n) is 15.9. The molecule has 8 heteroatoms. The number of hydrogen-bond acceptors (Lipinski definition) is 6. The van der Waals surface area contributed by atoms with Crippen molar-refractivity contribution in [3.05, 3.63) is 99.0 Å². The first-order chi connectivity index (χ1) is 14.8. The Morgan fingerprint density at radius 2 is 1.80 bits per heavy atom. The van der Waals surface area contributed by atoms with Gasteiger partial charge in [0.1, 0.15) is 11.6 Å². The molecule has 0 fully saturated rings. The van der Waals surface area contributed by atoms with E-state index < -0.39 is 0 Å². The second-order valence-electron chi connectivity index (χ2n) is 6.64. The summed E-state index contributed by atoms with van der Waals surface area (Å²) in [4.78, 5) is 21.0. The van der Waals surface area contributed by atoms with Crippen LogP contribution in [0.4, 0.5) is 0 Å². The molecule has 0 atom stereocenters. The minimum atomic E-state index is -0.126. The number of H-pyrrole nitrogens is 1. The van der Waals surface area contributed by atoms with Gasteiger partial charge in [0.25, 0.3) is 5.56 Å². The third-order valence-corrected chi connectivity index (χ3v) is 6.44. The van der Waals surface area contributed by atoms with Crippen LogP contribution in [0.3, 0.4) is 0 Å². The van der Waals surface area contributed by atoms with Gasteiger partial charge in [-0.25, -0.2) is 4.98 Å². The van der Waals surface area contributed by atoms with Crippen molar-refractivity contribution in [1.82, 2.24) is 24.7 Å². The Balaban J connectivity index is 1.47. The van der Waals surface area contributed by atoms with Crippen molar-refractivity contribution in [2.45, 2.75) is 17.3 Å². The van der Waals surface area contributed by atoms with Gasteiger partial charge in [-0.1, -0.05) is 48.2 Å². The van der Waals surface area contributed by atoms with E-state index in [1.54, 1.807) is 17.4 Å². The monoisotopic (exact) mass is 431 g/mol. The number of fused-ring (bicyclic) bond motifs is 1. The number of thiophene rings is 1. The third-order valence-electron chi connectivity index (χ3n) is 4.63. The number of thioether (sulfide) groups is 1. The summed E-state index contributed by atoms with van der Waals surface area (Å²) in [5, 5.41) is 12.3. The smallest absolute Gasteiger partial charge is 0.258 e. The van der Waals surface area contributed by atoms with Gasteiger partial charge in [-0.15, -0.1) is 21.5 Å². The summed E-state index contributed by atoms with van der Waals surface area (Å²) in [6.45, 7) is 0. The van der Waals surface area contributed by atoms with Crippen LogP contribution in [0.25, 0.3) is 16.6 Å². The largest absolute Gasteiger partial charge is 0.309 e. The molecule has 30 heavy (non-hydrogen) atoms. The van der Waals surface area contributed by atoms with Crippen LogP contribution >= 0.6 is 23.1 Å². The number of nitrogens with one attached hydrogen (secondary N) is 1. The van der Waals surface area contributed by atoms with E-state index in [-0.39, 0.29) is 5.56 Å². The molecule has 148 valence electrons. The van der Waals surface area contributed by atoms with Crippen LogP contribution in [0.1, 0.15) is 16.5 Å². The fraction of sp³-hybridized carbons (Fsp3) is 0.0909. The van der Waals surface area contributed by atoms with E-state index in [9.17, 15) is 4.79 Å². The Labute approximate surface area is 180 Å². The molecule has 0 unspecified atom stereocenters. The number of para-hydroxylation sites is 2. The molecular formula is C22H17N5OS2. The summed E-state index contributed by atoms with van der Waals surface area (Å²) in [7, 11) is 0. The summed E-state index contributed by atoms with van der Waals surface area (Å²) in [5.41, 5.74) is 1.58. The van der Waals surface area contributed by atoms with Gasteiger partial charge in [-0.05, 0) is 35.7 Å². The number of rotatable bonds is 6. The predicted molar refractivity (Wildman–Crippen MR) is 120 cm³/mol. The lowest BCUT2D eigenvalue weighted by atomic mass is 10.2. The Morgan fingerprint density at radius 1 is 0.967 bits per heavy atom. The van der Waals surface area contributed by atoms with Crippen molar-refractivity contribution < 1.29 is 0 Å². The highest BCUT2D eigenvalue weighted by Gasteiger charge is 2.16. The Bertz CT molecular complexity index is 1340. The molecule has 3 heterocycles. The lowest BCUT2D eigenvalue weighted by Gasteiger charge is -2.10. The van der Waals surface area contributed by atoms with Gasteiger partial charge >= 0.3 is 0 Å². The molecule has 0 aliphatic carbocycles. The van der Waals surface area contributed by atoms with Crippen molar-refractivity contribution in [2.75, 3.05) is 0 Å². The second-order valence-corrected chi connectivity index (χ2v) is 8.62. The predicted octanol–water partition coefficient (Wildman–Crippen LogP) is 4.45. The van der Waals surface area contributed by atoms with Gasteiger partial charge in [0.05, 0.1) is 16.7 Å². The highest BCUT2D eigenvalue weighted by molar-refractivity contribution is 7.98. The van der Waals surface area contributed by atoms with E-state index in [1.165, 1.54) is 16.6 Å². The number of nitrogens with zero attached hydrogens (tertiary/aromatic N) is 4. The Morgan fingerprint density at radius 3 is 2.63 bits per heavy atom. The first-order valence-corrected chi connectivity index (χ1v) is 11.3. The van der Waals surface area contributed by atoms with Crippen LogP contribution in [-0.2, 0) is 12.2 Å². The summed E-state index contributed by atoms with van der Waals surface area (Å²) < 4.78 is 2.07. The third kappa shape index (κ3) is 3.79. The first-order valence-electron chi connectivity index (χ1n) is 9.41. The molecule has 0 bridgehead atoms. The molecule has 0 aliphatic rings. The Kier molecular flexibility index (Phi) is 5.17. The SMILES string of the molecule is O=c1[nH]c(CSc2nnc(Cc3cccs3)n2-c2ccccc2)nc2ccccc12. The Hall–Kier alpha value is -3.23. The molecule has 0 aliphatic heterocycles. The first kappa shape index (κ1) is 18.8. The lowest BCUT2D eigenvalue weighted by Crippen LogP contribution is -2.11. The molecule has 0 radical (unpaired) electrons. The van der Waals surface area contributed by atoms with Crippen LogP contribution < -0.4 is 5.56 Å². The molecule has 0 amide bonds. The van der Waals surface area contributed by atoms with Crippen LogP contribution in [0.15, 0.2) is 82.1 Å². The van der Waals surface area contributed by atoms with Gasteiger partial charge in [-0.3, -0.25) is 9.36 Å². The van der Waals surface area contributed by atoms with Crippen molar-refractivity contribution in [2.24, 2.45) is 0 Å². The van der Waals surface area contributed by atoms with Crippen LogP contribution in [0.2, 0.25) is 0 Å². The number of aromatic nitrogens is 5. The topological polar surface area (TPSA) is 76.5 Å².